The molecule has 0 aliphatic carbocycles. The Kier molecular flexibility index (Phi) is 4.46. The zero-order chi connectivity index (χ0) is 11.2. The van der Waals surface area contributed by atoms with Crippen LogP contribution in [0.15, 0.2) is 41.0 Å². The van der Waals surface area contributed by atoms with Crippen LogP contribution in [0, 0.1) is 0 Å². The molecule has 1 fully saturated rings. The normalized spacial score (nSPS) is 17.6. The van der Waals surface area contributed by atoms with E-state index in [9.17, 15) is 0 Å². The van der Waals surface area contributed by atoms with Gasteiger partial charge in [0.25, 0.3) is 0 Å². The Balaban J connectivity index is 1.91. The molecule has 1 heterocycles. The van der Waals surface area contributed by atoms with Gasteiger partial charge >= 0.3 is 103 Å². The predicted molar refractivity (Wildman–Crippen MR) is 68.0 cm³/mol. The van der Waals surface area contributed by atoms with Crippen molar-refractivity contribution in [2.75, 3.05) is 26.3 Å². The summed E-state index contributed by atoms with van der Waals surface area (Å²) in [6.07, 6.45) is 2.30. The molecule has 86 valence electrons. The molecular weight excluding hydrogens is 265 g/mol. The van der Waals surface area contributed by atoms with Crippen molar-refractivity contribution >= 4 is 19.4 Å². The summed E-state index contributed by atoms with van der Waals surface area (Å²) < 4.78 is 8.25. The molecule has 0 N–H and O–H groups in total. The third-order valence-corrected chi connectivity index (χ3v) is 4.39. The van der Waals surface area contributed by atoms with E-state index in [1.807, 2.05) is 0 Å². The molecule has 0 aromatic heterocycles. The van der Waals surface area contributed by atoms with Gasteiger partial charge in [-0.3, -0.25) is 0 Å². The summed E-state index contributed by atoms with van der Waals surface area (Å²) in [6.45, 7) is 6.01. The molecule has 1 aliphatic heterocycles. The molecule has 0 unspecified atom stereocenters. The quantitative estimate of drug-likeness (QED) is 0.773. The van der Waals surface area contributed by atoms with E-state index in [-0.39, 0.29) is 0 Å². The van der Waals surface area contributed by atoms with Crippen molar-refractivity contribution in [3.8, 4) is 0 Å². The van der Waals surface area contributed by atoms with Gasteiger partial charge in [-0.2, -0.15) is 0 Å². The van der Waals surface area contributed by atoms with Gasteiger partial charge in [-0.15, -0.1) is 0 Å². The van der Waals surface area contributed by atoms with E-state index in [0.29, 0.717) is 15.0 Å². The summed E-state index contributed by atoms with van der Waals surface area (Å²) in [4.78, 5) is 2.36. The molecule has 0 atom stereocenters. The SMILES string of the molecule is C/C(=C\N1CCOCC1)[Se]c1ccccc1. The Bertz CT molecular complexity index is 344. The molecule has 0 bridgehead atoms. The monoisotopic (exact) mass is 283 g/mol. The van der Waals surface area contributed by atoms with Crippen LogP contribution in [0.3, 0.4) is 0 Å². The van der Waals surface area contributed by atoms with Crippen molar-refractivity contribution in [1.82, 2.24) is 4.90 Å². The minimum atomic E-state index is 0.458. The molecule has 1 saturated heterocycles. The van der Waals surface area contributed by atoms with E-state index in [2.05, 4.69) is 48.4 Å². The van der Waals surface area contributed by atoms with Crippen molar-refractivity contribution in [3.05, 3.63) is 41.0 Å². The topological polar surface area (TPSA) is 12.5 Å². The predicted octanol–water partition coefficient (Wildman–Crippen LogP) is 1.21. The van der Waals surface area contributed by atoms with Gasteiger partial charge in [0.2, 0.25) is 0 Å². The molecule has 2 rings (SSSR count). The molecular formula is C13H17NOSe. The number of nitrogens with zero attached hydrogens (tertiary/aromatic N) is 1. The number of hydrogen-bond acceptors (Lipinski definition) is 2. The fraction of sp³-hybridized carbons (Fsp3) is 0.385. The average Bonchev–Trinajstić information content (AvgIpc) is 2.31. The van der Waals surface area contributed by atoms with E-state index in [1.54, 1.807) is 0 Å². The molecule has 1 aromatic carbocycles. The number of morpholine rings is 1. The third kappa shape index (κ3) is 3.67. The molecule has 0 amide bonds. The van der Waals surface area contributed by atoms with E-state index >= 15 is 0 Å². The van der Waals surface area contributed by atoms with Crippen molar-refractivity contribution in [3.63, 3.8) is 0 Å². The van der Waals surface area contributed by atoms with Crippen LogP contribution in [0.25, 0.3) is 0 Å². The first-order valence-corrected chi connectivity index (χ1v) is 7.29. The fourth-order valence-electron chi connectivity index (χ4n) is 1.66. The van der Waals surface area contributed by atoms with Gasteiger partial charge in [0, 0.05) is 0 Å². The molecule has 1 aliphatic rings. The second kappa shape index (κ2) is 6.09. The standard InChI is InChI=1S/C13H17NOSe/c1-12(11-14-7-9-15-10-8-14)16-13-5-3-2-4-6-13/h2-6,11H,7-10H2,1H3/b12-11+. The van der Waals surface area contributed by atoms with E-state index in [1.165, 1.54) is 8.93 Å². The third-order valence-electron chi connectivity index (χ3n) is 2.43. The van der Waals surface area contributed by atoms with Crippen LogP contribution in [-0.2, 0) is 4.74 Å². The van der Waals surface area contributed by atoms with E-state index < -0.39 is 0 Å². The van der Waals surface area contributed by atoms with E-state index in [0.717, 1.165) is 26.3 Å². The van der Waals surface area contributed by atoms with Crippen molar-refractivity contribution in [2.24, 2.45) is 0 Å². The van der Waals surface area contributed by atoms with Gasteiger partial charge in [0.05, 0.1) is 0 Å². The van der Waals surface area contributed by atoms with Crippen LogP contribution in [0.2, 0.25) is 0 Å². The van der Waals surface area contributed by atoms with E-state index in [4.69, 9.17) is 4.74 Å². The van der Waals surface area contributed by atoms with Crippen LogP contribution >= 0.6 is 0 Å². The second-order valence-corrected chi connectivity index (χ2v) is 6.57. The van der Waals surface area contributed by atoms with Crippen LogP contribution < -0.4 is 4.46 Å². The van der Waals surface area contributed by atoms with Crippen LogP contribution in [0.4, 0.5) is 0 Å². The summed E-state index contributed by atoms with van der Waals surface area (Å²) in [6, 6.07) is 10.7. The summed E-state index contributed by atoms with van der Waals surface area (Å²) in [5, 5.41) is 0. The first-order chi connectivity index (χ1) is 7.84. The molecule has 1 aromatic rings. The number of ether oxygens (including phenoxy) is 1. The summed E-state index contributed by atoms with van der Waals surface area (Å²) in [7, 11) is 0. The van der Waals surface area contributed by atoms with Gasteiger partial charge < -0.3 is 0 Å². The van der Waals surface area contributed by atoms with Gasteiger partial charge in [-0.25, -0.2) is 0 Å². The van der Waals surface area contributed by atoms with Crippen LogP contribution in [0.1, 0.15) is 6.92 Å². The fourth-order valence-corrected chi connectivity index (χ4v) is 3.48. The molecule has 3 heteroatoms. The van der Waals surface area contributed by atoms with Crippen molar-refractivity contribution < 1.29 is 4.74 Å². The molecule has 0 radical (unpaired) electrons. The Morgan fingerprint density at radius 1 is 1.25 bits per heavy atom. The van der Waals surface area contributed by atoms with Crippen LogP contribution in [-0.4, -0.2) is 46.2 Å². The summed E-state index contributed by atoms with van der Waals surface area (Å²) in [5.41, 5.74) is 0. The van der Waals surface area contributed by atoms with Gasteiger partial charge in [-0.05, 0) is 0 Å². The first-order valence-electron chi connectivity index (χ1n) is 5.58. The molecule has 0 spiro atoms. The minimum absolute atomic E-state index is 0.458. The summed E-state index contributed by atoms with van der Waals surface area (Å²) >= 11 is 0.458. The van der Waals surface area contributed by atoms with Gasteiger partial charge in [-0.1, -0.05) is 0 Å². The maximum absolute atomic E-state index is 5.33. The average molecular weight is 282 g/mol. The Hall–Kier alpha value is -0.761. The molecule has 0 saturated carbocycles. The molecule has 16 heavy (non-hydrogen) atoms. The Labute approximate surface area is 103 Å². The number of benzene rings is 1. The van der Waals surface area contributed by atoms with Crippen LogP contribution in [0.5, 0.6) is 0 Å². The van der Waals surface area contributed by atoms with Crippen molar-refractivity contribution in [1.29, 1.82) is 0 Å². The van der Waals surface area contributed by atoms with Gasteiger partial charge in [0.15, 0.2) is 0 Å². The zero-order valence-corrected chi connectivity index (χ0v) is 11.3. The van der Waals surface area contributed by atoms with Gasteiger partial charge in [0.1, 0.15) is 0 Å². The Morgan fingerprint density at radius 3 is 2.62 bits per heavy atom. The number of allylic oxidation sites excluding steroid dienone is 1. The zero-order valence-electron chi connectivity index (χ0n) is 9.56. The summed E-state index contributed by atoms with van der Waals surface area (Å²) in [5.74, 6) is 0. The molecule has 2 nitrogen and oxygen atoms in total. The number of hydrogen-bond donors (Lipinski definition) is 0. The first kappa shape index (κ1) is 11.7. The Morgan fingerprint density at radius 2 is 1.94 bits per heavy atom. The second-order valence-electron chi connectivity index (χ2n) is 3.80. The maximum atomic E-state index is 5.33. The number of rotatable bonds is 3. The van der Waals surface area contributed by atoms with Crippen molar-refractivity contribution in [2.45, 2.75) is 6.92 Å².